The Labute approximate surface area is 142 Å². The summed E-state index contributed by atoms with van der Waals surface area (Å²) in [6.45, 7) is 4.61. The number of aryl methyl sites for hydroxylation is 1. The molecule has 0 unspecified atom stereocenters. The van der Waals surface area contributed by atoms with Crippen LogP contribution in [0.1, 0.15) is 30.2 Å². The van der Waals surface area contributed by atoms with Gasteiger partial charge in [-0.3, -0.25) is 9.69 Å². The van der Waals surface area contributed by atoms with E-state index in [-0.39, 0.29) is 18.6 Å². The number of carbonyl (C=O) groups excluding carboxylic acids is 1. The van der Waals surface area contributed by atoms with E-state index >= 15 is 0 Å². The van der Waals surface area contributed by atoms with Crippen LogP contribution < -0.4 is 10.1 Å². The van der Waals surface area contributed by atoms with Gasteiger partial charge in [-0.05, 0) is 56.6 Å². The van der Waals surface area contributed by atoms with Crippen LogP contribution in [0.4, 0.5) is 0 Å². The number of hydrogen-bond donors (Lipinski definition) is 1. The molecule has 0 aliphatic carbocycles. The summed E-state index contributed by atoms with van der Waals surface area (Å²) in [5, 5.41) is 2.97. The molecule has 128 valence electrons. The number of benzene rings is 1. The zero-order chi connectivity index (χ0) is 16.8. The molecule has 1 saturated heterocycles. The van der Waals surface area contributed by atoms with Crippen molar-refractivity contribution in [3.63, 3.8) is 0 Å². The third-order valence-electron chi connectivity index (χ3n) is 4.40. The second-order valence-corrected chi connectivity index (χ2v) is 6.13. The van der Waals surface area contributed by atoms with Gasteiger partial charge in [0.1, 0.15) is 11.5 Å². The highest BCUT2D eigenvalue weighted by atomic mass is 16.5. The van der Waals surface area contributed by atoms with Crippen LogP contribution >= 0.6 is 0 Å². The lowest BCUT2D eigenvalue weighted by atomic mass is 10.2. The fraction of sp³-hybridized carbons (Fsp3) is 0.421. The molecule has 5 heteroatoms. The molecule has 2 heterocycles. The minimum absolute atomic E-state index is 0.0235. The number of nitrogens with one attached hydrogen (secondary N) is 1. The first kappa shape index (κ1) is 16.6. The van der Waals surface area contributed by atoms with Gasteiger partial charge in [0.25, 0.3) is 5.91 Å². The van der Waals surface area contributed by atoms with Gasteiger partial charge in [0.05, 0.1) is 12.3 Å². The van der Waals surface area contributed by atoms with Gasteiger partial charge in [-0.1, -0.05) is 18.2 Å². The fourth-order valence-electron chi connectivity index (χ4n) is 3.07. The van der Waals surface area contributed by atoms with E-state index in [9.17, 15) is 4.79 Å². The molecule has 1 aliphatic rings. The van der Waals surface area contributed by atoms with Crippen LogP contribution in [-0.2, 0) is 4.79 Å². The molecule has 1 atom stereocenters. The van der Waals surface area contributed by atoms with Crippen LogP contribution in [0.15, 0.2) is 47.1 Å². The first-order valence-electron chi connectivity index (χ1n) is 8.46. The first-order chi connectivity index (χ1) is 11.7. The van der Waals surface area contributed by atoms with Gasteiger partial charge in [0.15, 0.2) is 6.61 Å². The molecule has 5 nitrogen and oxygen atoms in total. The first-order valence-corrected chi connectivity index (χ1v) is 8.46. The minimum Gasteiger partial charge on any atom is -0.484 e. The smallest absolute Gasteiger partial charge is 0.258 e. The van der Waals surface area contributed by atoms with Crippen LogP contribution in [0.25, 0.3) is 0 Å². The number of nitrogens with zero attached hydrogens (tertiary/aromatic N) is 1. The van der Waals surface area contributed by atoms with E-state index in [1.165, 1.54) is 12.8 Å². The van der Waals surface area contributed by atoms with E-state index in [2.05, 4.69) is 10.2 Å². The van der Waals surface area contributed by atoms with Crippen molar-refractivity contribution in [2.75, 3.05) is 26.2 Å². The molecule has 0 spiro atoms. The van der Waals surface area contributed by atoms with Gasteiger partial charge in [0, 0.05) is 6.54 Å². The molecule has 3 rings (SSSR count). The Bertz CT molecular complexity index is 648. The summed E-state index contributed by atoms with van der Waals surface area (Å²) in [6.07, 6.45) is 4.07. The zero-order valence-electron chi connectivity index (χ0n) is 14.0. The minimum atomic E-state index is -0.117. The SMILES string of the molecule is Cc1ccccc1OCC(=O)NC[C@@H](c1ccco1)N1CCCC1. The number of carbonyl (C=O) groups is 1. The second kappa shape index (κ2) is 8.02. The molecule has 1 N–H and O–H groups in total. The summed E-state index contributed by atoms with van der Waals surface area (Å²) in [6, 6.07) is 11.6. The molecule has 24 heavy (non-hydrogen) atoms. The number of para-hydroxylation sites is 1. The van der Waals surface area contributed by atoms with Crippen molar-refractivity contribution in [2.45, 2.75) is 25.8 Å². The van der Waals surface area contributed by atoms with Crippen LogP contribution in [0.2, 0.25) is 0 Å². The maximum absolute atomic E-state index is 12.1. The maximum Gasteiger partial charge on any atom is 0.258 e. The van der Waals surface area contributed by atoms with Crippen molar-refractivity contribution in [3.8, 4) is 5.75 Å². The molecule has 2 aromatic rings. The van der Waals surface area contributed by atoms with Gasteiger partial charge in [-0.2, -0.15) is 0 Å². The van der Waals surface area contributed by atoms with E-state index in [1.54, 1.807) is 6.26 Å². The lowest BCUT2D eigenvalue weighted by molar-refractivity contribution is -0.123. The van der Waals surface area contributed by atoms with Crippen LogP contribution in [0, 0.1) is 6.92 Å². The van der Waals surface area contributed by atoms with Crippen molar-refractivity contribution in [1.82, 2.24) is 10.2 Å². The van der Waals surface area contributed by atoms with Crippen molar-refractivity contribution in [1.29, 1.82) is 0 Å². The average molecular weight is 328 g/mol. The topological polar surface area (TPSA) is 54.7 Å². The highest BCUT2D eigenvalue weighted by Gasteiger charge is 2.25. The lowest BCUT2D eigenvalue weighted by Gasteiger charge is -2.26. The predicted octanol–water partition coefficient (Wildman–Crippen LogP) is 2.92. The molecular formula is C19H24N2O3. The van der Waals surface area contributed by atoms with Gasteiger partial charge in [-0.25, -0.2) is 0 Å². The summed E-state index contributed by atoms with van der Waals surface area (Å²) in [4.78, 5) is 14.5. The van der Waals surface area contributed by atoms with Gasteiger partial charge < -0.3 is 14.5 Å². The van der Waals surface area contributed by atoms with Crippen LogP contribution in [0.3, 0.4) is 0 Å². The van der Waals surface area contributed by atoms with Crippen molar-refractivity contribution in [3.05, 3.63) is 54.0 Å². The number of ether oxygens (including phenoxy) is 1. The van der Waals surface area contributed by atoms with Gasteiger partial charge in [-0.15, -0.1) is 0 Å². The molecule has 0 radical (unpaired) electrons. The average Bonchev–Trinajstić information content (AvgIpc) is 3.28. The van der Waals surface area contributed by atoms with E-state index in [4.69, 9.17) is 9.15 Å². The number of rotatable bonds is 7. The largest absolute Gasteiger partial charge is 0.484 e. The van der Waals surface area contributed by atoms with Gasteiger partial charge >= 0.3 is 0 Å². The van der Waals surface area contributed by atoms with E-state index < -0.39 is 0 Å². The predicted molar refractivity (Wildman–Crippen MR) is 91.9 cm³/mol. The lowest BCUT2D eigenvalue weighted by Crippen LogP contribution is -2.38. The normalized spacial score (nSPS) is 16.0. The van der Waals surface area contributed by atoms with E-state index in [0.717, 1.165) is 30.2 Å². The molecule has 0 bridgehead atoms. The van der Waals surface area contributed by atoms with E-state index in [1.807, 2.05) is 43.3 Å². The summed E-state index contributed by atoms with van der Waals surface area (Å²) in [5.74, 6) is 1.53. The Hall–Kier alpha value is -2.27. The molecule has 1 aromatic heterocycles. The summed E-state index contributed by atoms with van der Waals surface area (Å²) >= 11 is 0. The van der Waals surface area contributed by atoms with Crippen LogP contribution in [-0.4, -0.2) is 37.0 Å². The van der Waals surface area contributed by atoms with Crippen molar-refractivity contribution < 1.29 is 13.9 Å². The Morgan fingerprint density at radius 1 is 1.25 bits per heavy atom. The third-order valence-corrected chi connectivity index (χ3v) is 4.40. The standard InChI is InChI=1S/C19H24N2O3/c1-15-7-2-3-8-17(15)24-14-19(22)20-13-16(18-9-6-12-23-18)21-10-4-5-11-21/h2-3,6-9,12,16H,4-5,10-11,13-14H2,1H3,(H,20,22)/t16-/m0/s1. The Balaban J connectivity index is 1.52. The van der Waals surface area contributed by atoms with Crippen molar-refractivity contribution >= 4 is 5.91 Å². The summed E-state index contributed by atoms with van der Waals surface area (Å²) in [7, 11) is 0. The Morgan fingerprint density at radius 3 is 2.75 bits per heavy atom. The number of hydrogen-bond acceptors (Lipinski definition) is 4. The van der Waals surface area contributed by atoms with Crippen molar-refractivity contribution in [2.24, 2.45) is 0 Å². The molecule has 1 aromatic carbocycles. The summed E-state index contributed by atoms with van der Waals surface area (Å²) in [5.41, 5.74) is 1.02. The highest BCUT2D eigenvalue weighted by Crippen LogP contribution is 2.24. The number of likely N-dealkylation sites (tertiary alicyclic amines) is 1. The molecular weight excluding hydrogens is 304 g/mol. The molecule has 1 fully saturated rings. The quantitative estimate of drug-likeness (QED) is 0.849. The maximum atomic E-state index is 12.1. The Kier molecular flexibility index (Phi) is 5.54. The summed E-state index contributed by atoms with van der Waals surface area (Å²) < 4.78 is 11.2. The third kappa shape index (κ3) is 4.17. The number of amides is 1. The zero-order valence-corrected chi connectivity index (χ0v) is 14.0. The molecule has 0 saturated carbocycles. The van der Waals surface area contributed by atoms with Crippen LogP contribution in [0.5, 0.6) is 5.75 Å². The molecule has 1 amide bonds. The van der Waals surface area contributed by atoms with E-state index in [0.29, 0.717) is 6.54 Å². The Morgan fingerprint density at radius 2 is 2.04 bits per heavy atom. The fourth-order valence-corrected chi connectivity index (χ4v) is 3.07. The number of furan rings is 1. The monoisotopic (exact) mass is 328 g/mol. The molecule has 1 aliphatic heterocycles. The van der Waals surface area contributed by atoms with Gasteiger partial charge in [0.2, 0.25) is 0 Å². The second-order valence-electron chi connectivity index (χ2n) is 6.13. The highest BCUT2D eigenvalue weighted by molar-refractivity contribution is 5.77.